The van der Waals surface area contributed by atoms with Crippen molar-refractivity contribution in [1.29, 1.82) is 0 Å². The van der Waals surface area contributed by atoms with Crippen molar-refractivity contribution in [1.82, 2.24) is 14.9 Å². The van der Waals surface area contributed by atoms with E-state index in [-0.39, 0.29) is 6.61 Å². The Bertz CT molecular complexity index is 690. The second-order valence-electron chi connectivity index (χ2n) is 4.63. The van der Waals surface area contributed by atoms with Crippen molar-refractivity contribution >= 4 is 35.0 Å². The number of esters is 1. The summed E-state index contributed by atoms with van der Waals surface area (Å²) in [6, 6.07) is 6.90. The first kappa shape index (κ1) is 18.2. The third-order valence-corrected chi connectivity index (χ3v) is 3.92. The van der Waals surface area contributed by atoms with Crippen LogP contribution >= 0.6 is 23.1 Å². The van der Waals surface area contributed by atoms with Gasteiger partial charge in [-0.1, -0.05) is 23.0 Å². The molecule has 24 heavy (non-hydrogen) atoms. The Hall–Kier alpha value is -2.19. The molecule has 0 aliphatic rings. The average molecular weight is 370 g/mol. The smallest absolute Gasteiger partial charge is 0.352 e. The summed E-state index contributed by atoms with van der Waals surface area (Å²) in [5, 5.41) is 7.04. The molecule has 0 spiro atoms. The topological polar surface area (TPSA) is 90.4 Å². The van der Waals surface area contributed by atoms with E-state index in [4.69, 9.17) is 21.1 Å². The fourth-order valence-electron chi connectivity index (χ4n) is 1.73. The summed E-state index contributed by atoms with van der Waals surface area (Å²) in [6.07, 6.45) is 0.579. The van der Waals surface area contributed by atoms with E-state index >= 15 is 0 Å². The van der Waals surface area contributed by atoms with Crippen molar-refractivity contribution < 1.29 is 19.1 Å². The number of aromatic nitrogens is 2. The zero-order chi connectivity index (χ0) is 17.4. The van der Waals surface area contributed by atoms with Crippen molar-refractivity contribution in [3.63, 3.8) is 0 Å². The number of benzene rings is 1. The first-order chi connectivity index (χ1) is 11.6. The number of rotatable bonds is 8. The molecule has 0 saturated heterocycles. The van der Waals surface area contributed by atoms with Crippen LogP contribution in [0.15, 0.2) is 24.3 Å². The number of nitrogens with zero attached hydrogens (tertiary/aromatic N) is 2. The molecule has 2 rings (SSSR count). The van der Waals surface area contributed by atoms with E-state index in [1.165, 1.54) is 0 Å². The maximum Gasteiger partial charge on any atom is 0.352 e. The molecule has 9 heteroatoms. The minimum absolute atomic E-state index is 0.292. The van der Waals surface area contributed by atoms with Gasteiger partial charge >= 0.3 is 5.97 Å². The maximum atomic E-state index is 11.8. The molecule has 128 valence electrons. The lowest BCUT2D eigenvalue weighted by Gasteiger charge is -2.08. The SMILES string of the molecule is CCc1nnsc1C(=O)OCC(=O)NCCOc1ccc(Cl)cc1. The second kappa shape index (κ2) is 9.19. The highest BCUT2D eigenvalue weighted by atomic mass is 35.5. The average Bonchev–Trinajstić information content (AvgIpc) is 3.07. The Kier molecular flexibility index (Phi) is 6.95. The van der Waals surface area contributed by atoms with E-state index in [1.54, 1.807) is 24.3 Å². The second-order valence-corrected chi connectivity index (χ2v) is 5.82. The molecule has 0 aliphatic heterocycles. The van der Waals surface area contributed by atoms with Crippen LogP contribution in [-0.4, -0.2) is 41.2 Å². The number of ether oxygens (including phenoxy) is 2. The Morgan fingerprint density at radius 1 is 1.29 bits per heavy atom. The highest BCUT2D eigenvalue weighted by molar-refractivity contribution is 7.07. The van der Waals surface area contributed by atoms with Gasteiger partial charge in [0.1, 0.15) is 12.4 Å². The third kappa shape index (κ3) is 5.47. The van der Waals surface area contributed by atoms with Crippen LogP contribution in [0.2, 0.25) is 5.02 Å². The van der Waals surface area contributed by atoms with Gasteiger partial charge in [0.15, 0.2) is 11.5 Å². The van der Waals surface area contributed by atoms with Crippen LogP contribution < -0.4 is 10.1 Å². The van der Waals surface area contributed by atoms with E-state index in [0.717, 1.165) is 11.5 Å². The molecule has 0 radical (unpaired) electrons. The fraction of sp³-hybridized carbons (Fsp3) is 0.333. The molecule has 1 aromatic heterocycles. The van der Waals surface area contributed by atoms with Crippen LogP contribution in [0.4, 0.5) is 0 Å². The predicted octanol–water partition coefficient (Wildman–Crippen LogP) is 2.11. The third-order valence-electron chi connectivity index (χ3n) is 2.92. The molecule has 0 aliphatic carbocycles. The van der Waals surface area contributed by atoms with Crippen LogP contribution in [0.1, 0.15) is 22.3 Å². The van der Waals surface area contributed by atoms with E-state index in [2.05, 4.69) is 14.9 Å². The highest BCUT2D eigenvalue weighted by Gasteiger charge is 2.17. The van der Waals surface area contributed by atoms with Gasteiger partial charge < -0.3 is 14.8 Å². The van der Waals surface area contributed by atoms with Crippen molar-refractivity contribution in [3.8, 4) is 5.75 Å². The summed E-state index contributed by atoms with van der Waals surface area (Å²) >= 11 is 6.73. The van der Waals surface area contributed by atoms with Crippen LogP contribution in [0.5, 0.6) is 5.75 Å². The molecular weight excluding hydrogens is 354 g/mol. The number of aryl methyl sites for hydroxylation is 1. The Morgan fingerprint density at radius 2 is 2.04 bits per heavy atom. The summed E-state index contributed by atoms with van der Waals surface area (Å²) in [4.78, 5) is 23.8. The van der Waals surface area contributed by atoms with E-state index < -0.39 is 11.9 Å². The number of carbonyl (C=O) groups is 2. The van der Waals surface area contributed by atoms with Crippen molar-refractivity contribution in [2.24, 2.45) is 0 Å². The largest absolute Gasteiger partial charge is 0.492 e. The summed E-state index contributed by atoms with van der Waals surface area (Å²) < 4.78 is 14.1. The molecule has 2 aromatic rings. The van der Waals surface area contributed by atoms with Gasteiger partial charge in [-0.2, -0.15) is 0 Å². The predicted molar refractivity (Wildman–Crippen MR) is 89.5 cm³/mol. The van der Waals surface area contributed by atoms with Crippen molar-refractivity contribution in [3.05, 3.63) is 39.9 Å². The summed E-state index contributed by atoms with van der Waals surface area (Å²) in [6.45, 7) is 2.09. The summed E-state index contributed by atoms with van der Waals surface area (Å²) in [5.41, 5.74) is 0.571. The van der Waals surface area contributed by atoms with Gasteiger partial charge in [-0.3, -0.25) is 4.79 Å². The first-order valence-corrected chi connectivity index (χ1v) is 8.38. The van der Waals surface area contributed by atoms with E-state index in [9.17, 15) is 9.59 Å². The number of hydrogen-bond donors (Lipinski definition) is 1. The van der Waals surface area contributed by atoms with E-state index in [0.29, 0.717) is 40.9 Å². The number of halogens is 1. The molecular formula is C15H16ClN3O4S. The molecule has 0 saturated carbocycles. The molecule has 1 aromatic carbocycles. The number of hydrogen-bond acceptors (Lipinski definition) is 7. The molecule has 0 bridgehead atoms. The normalized spacial score (nSPS) is 10.2. The molecule has 0 unspecified atom stereocenters. The quantitative estimate of drug-likeness (QED) is 0.566. The van der Waals surface area contributed by atoms with Crippen LogP contribution in [0.25, 0.3) is 0 Å². The van der Waals surface area contributed by atoms with E-state index in [1.807, 2.05) is 6.92 Å². The molecule has 0 fully saturated rings. The van der Waals surface area contributed by atoms with Gasteiger partial charge in [0.25, 0.3) is 5.91 Å². The van der Waals surface area contributed by atoms with Crippen molar-refractivity contribution in [2.75, 3.05) is 19.8 Å². The zero-order valence-electron chi connectivity index (χ0n) is 13.0. The lowest BCUT2D eigenvalue weighted by Crippen LogP contribution is -2.32. The minimum Gasteiger partial charge on any atom is -0.492 e. The lowest BCUT2D eigenvalue weighted by molar-refractivity contribution is -0.124. The molecule has 7 nitrogen and oxygen atoms in total. The summed E-state index contributed by atoms with van der Waals surface area (Å²) in [7, 11) is 0. The number of amides is 1. The number of nitrogens with one attached hydrogen (secondary N) is 1. The maximum absolute atomic E-state index is 11.8. The Labute approximate surface area is 148 Å². The standard InChI is InChI=1S/C15H16ClN3O4S/c1-2-12-14(24-19-18-12)15(21)23-9-13(20)17-7-8-22-11-5-3-10(16)4-6-11/h3-6H,2,7-9H2,1H3,(H,17,20). The highest BCUT2D eigenvalue weighted by Crippen LogP contribution is 2.15. The molecule has 1 heterocycles. The monoisotopic (exact) mass is 369 g/mol. The lowest BCUT2D eigenvalue weighted by atomic mass is 10.3. The summed E-state index contributed by atoms with van der Waals surface area (Å²) in [5.74, 6) is -0.335. The van der Waals surface area contributed by atoms with Crippen LogP contribution in [0, 0.1) is 0 Å². The Balaban J connectivity index is 1.64. The number of carbonyl (C=O) groups excluding carboxylic acids is 2. The van der Waals surface area contributed by atoms with Crippen LogP contribution in [-0.2, 0) is 16.0 Å². The zero-order valence-corrected chi connectivity index (χ0v) is 14.5. The first-order valence-electron chi connectivity index (χ1n) is 7.23. The van der Waals surface area contributed by atoms with Gasteiger partial charge in [0.05, 0.1) is 12.2 Å². The molecule has 1 amide bonds. The van der Waals surface area contributed by atoms with Crippen molar-refractivity contribution in [2.45, 2.75) is 13.3 Å². The fourth-order valence-corrected chi connectivity index (χ4v) is 2.50. The van der Waals surface area contributed by atoms with Gasteiger partial charge in [-0.15, -0.1) is 5.10 Å². The minimum atomic E-state index is -0.589. The van der Waals surface area contributed by atoms with Gasteiger partial charge in [-0.05, 0) is 42.2 Å². The van der Waals surface area contributed by atoms with Crippen LogP contribution in [0.3, 0.4) is 0 Å². The van der Waals surface area contributed by atoms with Gasteiger partial charge in [0, 0.05) is 5.02 Å². The van der Waals surface area contributed by atoms with Gasteiger partial charge in [0.2, 0.25) is 0 Å². The Morgan fingerprint density at radius 3 is 2.75 bits per heavy atom. The van der Waals surface area contributed by atoms with Gasteiger partial charge in [-0.25, -0.2) is 4.79 Å². The molecule has 0 atom stereocenters. The molecule has 1 N–H and O–H groups in total.